The van der Waals surface area contributed by atoms with Crippen molar-refractivity contribution in [1.29, 1.82) is 0 Å². The van der Waals surface area contributed by atoms with Gasteiger partial charge in [-0.15, -0.1) is 0 Å². The molecule has 1 amide bonds. The SMILES string of the molecule is CNCCC(=O)NCC(O)c1c(F)cccc1Cl. The van der Waals surface area contributed by atoms with Crippen LogP contribution in [0.3, 0.4) is 0 Å². The van der Waals surface area contributed by atoms with Gasteiger partial charge in [0.2, 0.25) is 5.91 Å². The van der Waals surface area contributed by atoms with Gasteiger partial charge in [0.05, 0.1) is 0 Å². The van der Waals surface area contributed by atoms with E-state index in [1.165, 1.54) is 18.2 Å². The zero-order valence-electron chi connectivity index (χ0n) is 10.0. The molecule has 1 aromatic rings. The summed E-state index contributed by atoms with van der Waals surface area (Å²) in [6.45, 7) is 0.478. The number of aliphatic hydroxyl groups excluding tert-OH is 1. The van der Waals surface area contributed by atoms with Crippen LogP contribution in [0.4, 0.5) is 4.39 Å². The number of benzene rings is 1. The van der Waals surface area contributed by atoms with E-state index < -0.39 is 11.9 Å². The first-order chi connectivity index (χ1) is 8.56. The van der Waals surface area contributed by atoms with Gasteiger partial charge >= 0.3 is 0 Å². The van der Waals surface area contributed by atoms with Crippen LogP contribution in [0.5, 0.6) is 0 Å². The van der Waals surface area contributed by atoms with Crippen molar-refractivity contribution < 1.29 is 14.3 Å². The van der Waals surface area contributed by atoms with Gasteiger partial charge in [-0.1, -0.05) is 17.7 Å². The summed E-state index contributed by atoms with van der Waals surface area (Å²) >= 11 is 5.80. The van der Waals surface area contributed by atoms with Gasteiger partial charge in [0.25, 0.3) is 0 Å². The molecule has 3 N–H and O–H groups in total. The zero-order chi connectivity index (χ0) is 13.5. The summed E-state index contributed by atoms with van der Waals surface area (Å²) in [7, 11) is 1.74. The number of halogens is 2. The van der Waals surface area contributed by atoms with Gasteiger partial charge in [-0.2, -0.15) is 0 Å². The van der Waals surface area contributed by atoms with E-state index in [9.17, 15) is 14.3 Å². The van der Waals surface area contributed by atoms with Gasteiger partial charge in [-0.25, -0.2) is 4.39 Å². The number of carbonyl (C=O) groups excluding carboxylic acids is 1. The topological polar surface area (TPSA) is 61.4 Å². The molecule has 1 rings (SSSR count). The second-order valence-corrected chi connectivity index (χ2v) is 4.22. The van der Waals surface area contributed by atoms with Crippen molar-refractivity contribution in [3.63, 3.8) is 0 Å². The van der Waals surface area contributed by atoms with Crippen LogP contribution in [-0.4, -0.2) is 31.2 Å². The number of hydrogen-bond donors (Lipinski definition) is 3. The maximum Gasteiger partial charge on any atom is 0.221 e. The standard InChI is InChI=1S/C12H16ClFN2O2/c1-15-6-5-11(18)16-7-10(17)12-8(13)3-2-4-9(12)14/h2-4,10,15,17H,5-7H2,1H3,(H,16,18). The molecule has 1 aromatic carbocycles. The summed E-state index contributed by atoms with van der Waals surface area (Å²) in [5.74, 6) is -0.796. The quantitative estimate of drug-likeness (QED) is 0.731. The highest BCUT2D eigenvalue weighted by Gasteiger charge is 2.17. The lowest BCUT2D eigenvalue weighted by Crippen LogP contribution is -2.30. The van der Waals surface area contributed by atoms with Gasteiger partial charge in [0.1, 0.15) is 11.9 Å². The molecular formula is C12H16ClFN2O2. The summed E-state index contributed by atoms with van der Waals surface area (Å²) in [6.07, 6.45) is -0.856. The van der Waals surface area contributed by atoms with E-state index in [-0.39, 0.29) is 23.0 Å². The third kappa shape index (κ3) is 4.25. The van der Waals surface area contributed by atoms with Crippen molar-refractivity contribution in [3.05, 3.63) is 34.6 Å². The maximum absolute atomic E-state index is 13.5. The molecular weight excluding hydrogens is 259 g/mol. The van der Waals surface area contributed by atoms with E-state index in [2.05, 4.69) is 10.6 Å². The fourth-order valence-electron chi connectivity index (χ4n) is 1.47. The van der Waals surface area contributed by atoms with Crippen LogP contribution >= 0.6 is 11.6 Å². The summed E-state index contributed by atoms with van der Waals surface area (Å²) in [5, 5.41) is 15.3. The Morgan fingerprint density at radius 2 is 2.28 bits per heavy atom. The van der Waals surface area contributed by atoms with Crippen molar-refractivity contribution in [1.82, 2.24) is 10.6 Å². The Balaban J connectivity index is 2.55. The highest BCUT2D eigenvalue weighted by molar-refractivity contribution is 6.31. The predicted molar refractivity (Wildman–Crippen MR) is 67.9 cm³/mol. The third-order valence-electron chi connectivity index (χ3n) is 2.43. The lowest BCUT2D eigenvalue weighted by Gasteiger charge is -2.14. The molecule has 100 valence electrons. The molecule has 0 radical (unpaired) electrons. The average molecular weight is 275 g/mol. The van der Waals surface area contributed by atoms with Crippen molar-refractivity contribution in [3.8, 4) is 0 Å². The van der Waals surface area contributed by atoms with E-state index in [1.807, 2.05) is 0 Å². The molecule has 6 heteroatoms. The maximum atomic E-state index is 13.5. The number of hydrogen-bond acceptors (Lipinski definition) is 3. The summed E-state index contributed by atoms with van der Waals surface area (Å²) in [4.78, 5) is 11.3. The minimum Gasteiger partial charge on any atom is -0.386 e. The van der Waals surface area contributed by atoms with Gasteiger partial charge in [-0.05, 0) is 19.2 Å². The smallest absolute Gasteiger partial charge is 0.221 e. The Hall–Kier alpha value is -1.17. The minimum atomic E-state index is -1.16. The van der Waals surface area contributed by atoms with Gasteiger partial charge in [-0.3, -0.25) is 4.79 Å². The molecule has 0 spiro atoms. The Labute approximate surface area is 110 Å². The lowest BCUT2D eigenvalue weighted by molar-refractivity contribution is -0.121. The van der Waals surface area contributed by atoms with Crippen LogP contribution < -0.4 is 10.6 Å². The van der Waals surface area contributed by atoms with Crippen LogP contribution in [0.25, 0.3) is 0 Å². The van der Waals surface area contributed by atoms with Gasteiger partial charge in [0, 0.05) is 30.1 Å². The van der Waals surface area contributed by atoms with Crippen molar-refractivity contribution in [2.75, 3.05) is 20.1 Å². The third-order valence-corrected chi connectivity index (χ3v) is 2.76. The summed E-state index contributed by atoms with van der Waals surface area (Å²) in [6, 6.07) is 4.17. The molecule has 0 fully saturated rings. The monoisotopic (exact) mass is 274 g/mol. The number of carbonyl (C=O) groups is 1. The number of amides is 1. The van der Waals surface area contributed by atoms with Crippen LogP contribution in [0.2, 0.25) is 5.02 Å². The van der Waals surface area contributed by atoms with E-state index in [4.69, 9.17) is 11.6 Å². The molecule has 0 aliphatic carbocycles. The van der Waals surface area contributed by atoms with Crippen molar-refractivity contribution in [2.24, 2.45) is 0 Å². The first-order valence-electron chi connectivity index (χ1n) is 5.59. The number of aliphatic hydroxyl groups is 1. The van der Waals surface area contributed by atoms with Crippen LogP contribution in [-0.2, 0) is 4.79 Å². The first kappa shape index (κ1) is 14.9. The normalized spacial score (nSPS) is 12.2. The molecule has 1 atom stereocenters. The highest BCUT2D eigenvalue weighted by Crippen LogP contribution is 2.25. The fraction of sp³-hybridized carbons (Fsp3) is 0.417. The molecule has 0 saturated heterocycles. The highest BCUT2D eigenvalue weighted by atomic mass is 35.5. The second-order valence-electron chi connectivity index (χ2n) is 3.81. The van der Waals surface area contributed by atoms with Crippen LogP contribution in [0.15, 0.2) is 18.2 Å². The van der Waals surface area contributed by atoms with Crippen molar-refractivity contribution in [2.45, 2.75) is 12.5 Å². The Morgan fingerprint density at radius 3 is 2.89 bits per heavy atom. The van der Waals surface area contributed by atoms with Gasteiger partial charge in [0.15, 0.2) is 0 Å². The molecule has 1 unspecified atom stereocenters. The van der Waals surface area contributed by atoms with Gasteiger partial charge < -0.3 is 15.7 Å². The Bertz CT molecular complexity index is 395. The molecule has 0 heterocycles. The Kier molecular flexibility index (Phi) is 6.04. The molecule has 0 saturated carbocycles. The first-order valence-corrected chi connectivity index (χ1v) is 5.97. The van der Waals surface area contributed by atoms with E-state index in [1.54, 1.807) is 7.05 Å². The molecule has 0 aliphatic rings. The van der Waals surface area contributed by atoms with Crippen molar-refractivity contribution >= 4 is 17.5 Å². The number of nitrogens with one attached hydrogen (secondary N) is 2. The molecule has 18 heavy (non-hydrogen) atoms. The minimum absolute atomic E-state index is 0.00748. The fourth-order valence-corrected chi connectivity index (χ4v) is 1.76. The Morgan fingerprint density at radius 1 is 1.56 bits per heavy atom. The predicted octanol–water partition coefficient (Wildman–Crippen LogP) is 1.24. The molecule has 0 aromatic heterocycles. The largest absolute Gasteiger partial charge is 0.386 e. The molecule has 4 nitrogen and oxygen atoms in total. The van der Waals surface area contributed by atoms with E-state index in [0.29, 0.717) is 13.0 Å². The molecule has 0 aliphatic heterocycles. The summed E-state index contributed by atoms with van der Waals surface area (Å²) < 4.78 is 13.5. The second kappa shape index (κ2) is 7.31. The van der Waals surface area contributed by atoms with Crippen LogP contribution in [0, 0.1) is 5.82 Å². The number of rotatable bonds is 6. The lowest BCUT2D eigenvalue weighted by atomic mass is 10.1. The summed E-state index contributed by atoms with van der Waals surface area (Å²) in [5.41, 5.74) is 0.00748. The van der Waals surface area contributed by atoms with E-state index >= 15 is 0 Å². The molecule has 0 bridgehead atoms. The zero-order valence-corrected chi connectivity index (χ0v) is 10.8. The average Bonchev–Trinajstić information content (AvgIpc) is 2.33. The van der Waals surface area contributed by atoms with Crippen LogP contribution in [0.1, 0.15) is 18.1 Å². The van der Waals surface area contributed by atoms with E-state index in [0.717, 1.165) is 0 Å².